The fraction of sp³-hybridized carbons (Fsp3) is 0.379. The number of carbonyl (C=O) groups excluding carboxylic acids is 1. The van der Waals surface area contributed by atoms with Crippen molar-refractivity contribution in [3.05, 3.63) is 75.7 Å². The minimum atomic E-state index is -0.0607. The lowest BCUT2D eigenvalue weighted by Crippen LogP contribution is -2.27. The van der Waals surface area contributed by atoms with Crippen molar-refractivity contribution in [3.8, 4) is 5.75 Å². The van der Waals surface area contributed by atoms with Crippen molar-refractivity contribution < 1.29 is 9.53 Å². The molecule has 5 heteroatoms. The number of hydrogen-bond donors (Lipinski definition) is 1. The van der Waals surface area contributed by atoms with Gasteiger partial charge in [-0.15, -0.1) is 11.3 Å². The molecule has 3 aromatic rings. The van der Waals surface area contributed by atoms with E-state index >= 15 is 0 Å². The zero-order valence-corrected chi connectivity index (χ0v) is 21.6. The van der Waals surface area contributed by atoms with Gasteiger partial charge in [-0.05, 0) is 84.0 Å². The molecule has 1 unspecified atom stereocenters. The molecule has 1 atom stereocenters. The summed E-state index contributed by atoms with van der Waals surface area (Å²) in [4.78, 5) is 19.7. The lowest BCUT2D eigenvalue weighted by Gasteiger charge is -2.33. The molecular formula is C29H34N2O2S. The van der Waals surface area contributed by atoms with Crippen LogP contribution in [-0.4, -0.2) is 19.2 Å². The Morgan fingerprint density at radius 2 is 1.91 bits per heavy atom. The zero-order chi connectivity index (χ0) is 24.3. The molecule has 1 aliphatic rings. The molecule has 0 aliphatic heterocycles. The molecule has 4 rings (SSSR count). The van der Waals surface area contributed by atoms with Gasteiger partial charge in [0, 0.05) is 16.8 Å². The number of aliphatic imine (C=N–C) groups is 1. The van der Waals surface area contributed by atoms with Gasteiger partial charge in [0.15, 0.2) is 0 Å². The van der Waals surface area contributed by atoms with E-state index in [0.717, 1.165) is 58.8 Å². The second kappa shape index (κ2) is 10.1. The third-order valence-corrected chi connectivity index (χ3v) is 7.95. The van der Waals surface area contributed by atoms with Crippen LogP contribution in [-0.2, 0) is 19.3 Å². The van der Waals surface area contributed by atoms with E-state index in [2.05, 4.69) is 39.1 Å². The highest BCUT2D eigenvalue weighted by atomic mass is 32.1. The van der Waals surface area contributed by atoms with Crippen molar-refractivity contribution in [2.45, 2.75) is 53.4 Å². The summed E-state index contributed by atoms with van der Waals surface area (Å²) in [6.07, 6.45) is 5.74. The number of hydrogen-bond acceptors (Lipinski definition) is 4. The van der Waals surface area contributed by atoms with Gasteiger partial charge < -0.3 is 10.1 Å². The topological polar surface area (TPSA) is 50.7 Å². The van der Waals surface area contributed by atoms with Crippen molar-refractivity contribution >= 4 is 34.1 Å². The number of para-hydroxylation sites is 1. The average Bonchev–Trinajstić information content (AvgIpc) is 3.20. The first-order valence-corrected chi connectivity index (χ1v) is 12.8. The first kappa shape index (κ1) is 24.2. The molecule has 0 saturated heterocycles. The lowest BCUT2D eigenvalue weighted by atomic mass is 9.72. The van der Waals surface area contributed by atoms with Crippen LogP contribution in [0.2, 0.25) is 0 Å². The Labute approximate surface area is 207 Å². The molecule has 34 heavy (non-hydrogen) atoms. The molecule has 178 valence electrons. The van der Waals surface area contributed by atoms with Crippen molar-refractivity contribution in [3.63, 3.8) is 0 Å². The van der Waals surface area contributed by atoms with E-state index in [9.17, 15) is 4.79 Å². The van der Waals surface area contributed by atoms with Gasteiger partial charge in [0.05, 0.1) is 12.7 Å². The van der Waals surface area contributed by atoms with Gasteiger partial charge in [-0.1, -0.05) is 45.9 Å². The molecule has 0 spiro atoms. The van der Waals surface area contributed by atoms with Crippen LogP contribution in [0.4, 0.5) is 10.7 Å². The van der Waals surface area contributed by atoms with E-state index in [1.165, 1.54) is 10.4 Å². The molecule has 1 N–H and O–H groups in total. The van der Waals surface area contributed by atoms with Crippen LogP contribution in [0.5, 0.6) is 5.75 Å². The maximum atomic E-state index is 13.6. The number of thiophene rings is 1. The molecule has 0 fully saturated rings. The van der Waals surface area contributed by atoms with Crippen molar-refractivity contribution in [2.24, 2.45) is 16.3 Å². The Morgan fingerprint density at radius 3 is 2.59 bits per heavy atom. The number of fused-ring (bicyclic) bond motifs is 1. The summed E-state index contributed by atoms with van der Waals surface area (Å²) in [7, 11) is 1.66. The zero-order valence-electron chi connectivity index (χ0n) is 20.8. The summed E-state index contributed by atoms with van der Waals surface area (Å²) >= 11 is 1.67. The standard InChI is InChI=1S/C29H34N2O2S/c1-6-20-9-7-8-10-24(20)31-27(32)26-23-16-13-21(29(2,3)4)17-25(23)34-28(26)30-18-19-11-14-22(33-5)15-12-19/h7-12,14-15,18,21H,6,13,16-17H2,1-5H3,(H,31,32)/b30-18+. The summed E-state index contributed by atoms with van der Waals surface area (Å²) in [5.74, 6) is 1.36. The summed E-state index contributed by atoms with van der Waals surface area (Å²) in [6, 6.07) is 15.8. The number of ether oxygens (including phenoxy) is 1. The van der Waals surface area contributed by atoms with Crippen LogP contribution in [0.1, 0.15) is 66.0 Å². The van der Waals surface area contributed by atoms with Crippen molar-refractivity contribution in [1.29, 1.82) is 0 Å². The van der Waals surface area contributed by atoms with E-state index in [1.807, 2.05) is 48.7 Å². The molecule has 1 aliphatic carbocycles. The van der Waals surface area contributed by atoms with E-state index < -0.39 is 0 Å². The fourth-order valence-electron chi connectivity index (χ4n) is 4.59. The van der Waals surface area contributed by atoms with E-state index in [0.29, 0.717) is 5.92 Å². The highest BCUT2D eigenvalue weighted by molar-refractivity contribution is 7.16. The Hall–Kier alpha value is -2.92. The Kier molecular flexibility index (Phi) is 7.22. The number of amides is 1. The minimum absolute atomic E-state index is 0.0607. The normalized spacial score (nSPS) is 15.9. The SMILES string of the molecule is CCc1ccccc1NC(=O)c1c(/N=C/c2ccc(OC)cc2)sc2c1CCC(C(C)(C)C)C2. The van der Waals surface area contributed by atoms with E-state index in [4.69, 9.17) is 9.73 Å². The van der Waals surface area contributed by atoms with Gasteiger partial charge in [0.25, 0.3) is 5.91 Å². The maximum Gasteiger partial charge on any atom is 0.259 e. The van der Waals surface area contributed by atoms with Crippen molar-refractivity contribution in [2.75, 3.05) is 12.4 Å². The van der Waals surface area contributed by atoms with Crippen LogP contribution >= 0.6 is 11.3 Å². The maximum absolute atomic E-state index is 13.6. The first-order chi connectivity index (χ1) is 16.3. The van der Waals surface area contributed by atoms with Gasteiger partial charge in [-0.25, -0.2) is 4.99 Å². The first-order valence-electron chi connectivity index (χ1n) is 12.0. The molecule has 1 amide bonds. The monoisotopic (exact) mass is 474 g/mol. The number of nitrogens with one attached hydrogen (secondary N) is 1. The van der Waals surface area contributed by atoms with Gasteiger partial charge in [-0.2, -0.15) is 0 Å². The molecule has 0 saturated carbocycles. The lowest BCUT2D eigenvalue weighted by molar-refractivity contribution is 0.102. The number of carbonyl (C=O) groups is 1. The summed E-state index contributed by atoms with van der Waals surface area (Å²) in [6.45, 7) is 9.05. The third kappa shape index (κ3) is 5.25. The van der Waals surface area contributed by atoms with E-state index in [-0.39, 0.29) is 11.3 Å². The molecular weight excluding hydrogens is 440 g/mol. The largest absolute Gasteiger partial charge is 0.497 e. The Bertz CT molecular complexity index is 1190. The Balaban J connectivity index is 1.70. The smallest absolute Gasteiger partial charge is 0.259 e. The van der Waals surface area contributed by atoms with Crippen LogP contribution in [0.3, 0.4) is 0 Å². The van der Waals surface area contributed by atoms with Gasteiger partial charge in [0.1, 0.15) is 10.8 Å². The van der Waals surface area contributed by atoms with E-state index in [1.54, 1.807) is 18.4 Å². The average molecular weight is 475 g/mol. The second-order valence-corrected chi connectivity index (χ2v) is 11.1. The van der Waals surface area contributed by atoms with Gasteiger partial charge >= 0.3 is 0 Å². The highest BCUT2D eigenvalue weighted by Crippen LogP contribution is 2.45. The second-order valence-electron chi connectivity index (χ2n) is 9.99. The molecule has 0 radical (unpaired) electrons. The minimum Gasteiger partial charge on any atom is -0.497 e. The fourth-order valence-corrected chi connectivity index (χ4v) is 5.86. The quantitative estimate of drug-likeness (QED) is 0.377. The van der Waals surface area contributed by atoms with Crippen molar-refractivity contribution in [1.82, 2.24) is 0 Å². The number of methoxy groups -OCH3 is 1. The van der Waals surface area contributed by atoms with Crippen LogP contribution in [0.15, 0.2) is 53.5 Å². The predicted molar refractivity (Wildman–Crippen MR) is 143 cm³/mol. The number of aryl methyl sites for hydroxylation is 1. The molecule has 2 aromatic carbocycles. The number of rotatable bonds is 6. The molecule has 1 aromatic heterocycles. The summed E-state index contributed by atoms with van der Waals surface area (Å²) < 4.78 is 5.26. The number of nitrogens with zero attached hydrogens (tertiary/aromatic N) is 1. The summed E-state index contributed by atoms with van der Waals surface area (Å²) in [5.41, 5.74) is 5.15. The van der Waals surface area contributed by atoms with Gasteiger partial charge in [-0.3, -0.25) is 4.79 Å². The highest BCUT2D eigenvalue weighted by Gasteiger charge is 2.33. The predicted octanol–water partition coefficient (Wildman–Crippen LogP) is 7.47. The molecule has 0 bridgehead atoms. The molecule has 1 heterocycles. The van der Waals surface area contributed by atoms with Gasteiger partial charge in [0.2, 0.25) is 0 Å². The summed E-state index contributed by atoms with van der Waals surface area (Å²) in [5, 5.41) is 3.98. The number of benzene rings is 2. The van der Waals surface area contributed by atoms with Crippen LogP contribution in [0, 0.1) is 11.3 Å². The van der Waals surface area contributed by atoms with Crippen LogP contribution < -0.4 is 10.1 Å². The Morgan fingerprint density at radius 1 is 1.18 bits per heavy atom. The van der Waals surface area contributed by atoms with Crippen LogP contribution in [0.25, 0.3) is 0 Å². The third-order valence-electron chi connectivity index (χ3n) is 6.79. The molecule has 4 nitrogen and oxygen atoms in total. The number of anilines is 1.